The number of hydrogen-bond donors (Lipinski definition) is 1. The molecule has 5 heteroatoms. The zero-order valence-corrected chi connectivity index (χ0v) is 10.7. The highest BCUT2D eigenvalue weighted by molar-refractivity contribution is 6.14. The van der Waals surface area contributed by atoms with E-state index in [-0.39, 0.29) is 0 Å². The molecular weight excluding hydrogens is 258 g/mol. The minimum Gasteiger partial charge on any atom is -0.497 e. The van der Waals surface area contributed by atoms with Crippen LogP contribution in [0.2, 0.25) is 0 Å². The van der Waals surface area contributed by atoms with Crippen LogP contribution in [0.1, 0.15) is 16.1 Å². The van der Waals surface area contributed by atoms with E-state index in [9.17, 15) is 9.59 Å². The molecular formula is C15H11NO4. The maximum absolute atomic E-state index is 12.2. The Morgan fingerprint density at radius 1 is 1.35 bits per heavy atom. The van der Waals surface area contributed by atoms with Gasteiger partial charge in [-0.05, 0) is 30.3 Å². The normalized spacial score (nSPS) is 17.1. The molecule has 3 rings (SSSR count). The van der Waals surface area contributed by atoms with Crippen molar-refractivity contribution in [3.8, 4) is 5.75 Å². The maximum Gasteiger partial charge on any atom is 0.318 e. The second-order valence-corrected chi connectivity index (χ2v) is 4.52. The van der Waals surface area contributed by atoms with Crippen molar-refractivity contribution in [2.24, 2.45) is 5.92 Å². The van der Waals surface area contributed by atoms with Gasteiger partial charge in [0.1, 0.15) is 11.7 Å². The lowest BCUT2D eigenvalue weighted by Crippen LogP contribution is -2.25. The summed E-state index contributed by atoms with van der Waals surface area (Å²) in [6, 6.07) is 7.03. The minimum atomic E-state index is -1.15. The monoisotopic (exact) mass is 269 g/mol. The summed E-state index contributed by atoms with van der Waals surface area (Å²) < 4.78 is 5.13. The molecule has 1 aromatic carbocycles. The van der Waals surface area contributed by atoms with E-state index in [1.807, 2.05) is 0 Å². The van der Waals surface area contributed by atoms with E-state index >= 15 is 0 Å². The van der Waals surface area contributed by atoms with Gasteiger partial charge in [0, 0.05) is 10.9 Å². The summed E-state index contributed by atoms with van der Waals surface area (Å²) >= 11 is 0. The molecule has 1 atom stereocenters. The number of nitrogens with zero attached hydrogens (tertiary/aromatic N) is 1. The lowest BCUT2D eigenvalue weighted by Gasteiger charge is -2.15. The van der Waals surface area contributed by atoms with E-state index < -0.39 is 17.7 Å². The summed E-state index contributed by atoms with van der Waals surface area (Å²) in [5.74, 6) is -2.06. The van der Waals surface area contributed by atoms with Crippen LogP contribution in [-0.4, -0.2) is 29.0 Å². The van der Waals surface area contributed by atoms with E-state index in [1.165, 1.54) is 6.08 Å². The van der Waals surface area contributed by atoms with Gasteiger partial charge < -0.3 is 9.84 Å². The predicted molar refractivity (Wildman–Crippen MR) is 72.8 cm³/mol. The van der Waals surface area contributed by atoms with Crippen LogP contribution in [0.4, 0.5) is 0 Å². The third-order valence-corrected chi connectivity index (χ3v) is 3.31. The molecule has 0 fully saturated rings. The highest BCUT2D eigenvalue weighted by Gasteiger charge is 2.30. The molecule has 1 aromatic heterocycles. The average molecular weight is 269 g/mol. The third-order valence-electron chi connectivity index (χ3n) is 3.31. The summed E-state index contributed by atoms with van der Waals surface area (Å²) in [6.07, 6.45) is 2.95. The fourth-order valence-electron chi connectivity index (χ4n) is 2.26. The first-order chi connectivity index (χ1) is 9.60. The molecule has 1 heterocycles. The Hall–Kier alpha value is -2.69. The van der Waals surface area contributed by atoms with Gasteiger partial charge in [0.05, 0.1) is 18.3 Å². The van der Waals surface area contributed by atoms with Gasteiger partial charge in [0.25, 0.3) is 0 Å². The molecule has 0 spiro atoms. The molecule has 0 saturated carbocycles. The number of benzene rings is 1. The zero-order valence-electron chi connectivity index (χ0n) is 10.7. The van der Waals surface area contributed by atoms with Crippen molar-refractivity contribution < 1.29 is 19.4 Å². The topological polar surface area (TPSA) is 76.5 Å². The maximum atomic E-state index is 12.2. The molecule has 0 saturated heterocycles. The molecule has 2 aromatic rings. The highest BCUT2D eigenvalue weighted by Crippen LogP contribution is 2.27. The van der Waals surface area contributed by atoms with Crippen LogP contribution in [0, 0.1) is 5.92 Å². The second-order valence-electron chi connectivity index (χ2n) is 4.52. The molecule has 5 nitrogen and oxygen atoms in total. The molecule has 0 bridgehead atoms. The van der Waals surface area contributed by atoms with Crippen LogP contribution in [-0.2, 0) is 4.79 Å². The van der Waals surface area contributed by atoms with Crippen molar-refractivity contribution in [1.82, 2.24) is 4.98 Å². The Labute approximate surface area is 114 Å². The number of Topliss-reactive ketones (excluding diaryl/α,β-unsaturated/α-hetero) is 1. The lowest BCUT2D eigenvalue weighted by atomic mass is 9.90. The first-order valence-electron chi connectivity index (χ1n) is 6.04. The molecule has 1 N–H and O–H groups in total. The molecule has 0 amide bonds. The third kappa shape index (κ3) is 1.84. The van der Waals surface area contributed by atoms with E-state index in [4.69, 9.17) is 9.84 Å². The zero-order chi connectivity index (χ0) is 14.3. The number of aliphatic carboxylic acids is 1. The standard InChI is InChI=1S/C15H11NO4/c1-20-9-2-4-12-8(6-9)7-11-13(16-12)5-3-10(14(11)17)15(18)19/h2-7,10H,1H3,(H,18,19). The number of ether oxygens (including phenoxy) is 1. The van der Waals surface area contributed by atoms with Crippen molar-refractivity contribution in [3.05, 3.63) is 41.6 Å². The number of aromatic nitrogens is 1. The lowest BCUT2D eigenvalue weighted by molar-refractivity contribution is -0.138. The average Bonchev–Trinajstić information content (AvgIpc) is 2.45. The summed E-state index contributed by atoms with van der Waals surface area (Å²) in [7, 11) is 1.56. The largest absolute Gasteiger partial charge is 0.497 e. The van der Waals surface area contributed by atoms with Gasteiger partial charge in [0.15, 0.2) is 5.78 Å². The fraction of sp³-hybridized carbons (Fsp3) is 0.133. The number of carboxylic acids is 1. The number of rotatable bonds is 2. The minimum absolute atomic E-state index is 0.334. The number of pyridine rings is 1. The van der Waals surface area contributed by atoms with Crippen LogP contribution in [0.15, 0.2) is 30.3 Å². The quantitative estimate of drug-likeness (QED) is 0.845. The Kier molecular flexibility index (Phi) is 2.75. The van der Waals surface area contributed by atoms with E-state index in [0.717, 1.165) is 10.9 Å². The van der Waals surface area contributed by atoms with Crippen molar-refractivity contribution in [1.29, 1.82) is 0 Å². The van der Waals surface area contributed by atoms with E-state index in [0.29, 0.717) is 17.0 Å². The number of carboxylic acid groups (broad SMARTS) is 1. The molecule has 1 aliphatic rings. The molecule has 0 aliphatic heterocycles. The molecule has 0 radical (unpaired) electrons. The number of hydrogen-bond acceptors (Lipinski definition) is 4. The molecule has 20 heavy (non-hydrogen) atoms. The van der Waals surface area contributed by atoms with Crippen molar-refractivity contribution in [2.75, 3.05) is 7.11 Å². The first kappa shape index (κ1) is 12.3. The van der Waals surface area contributed by atoms with Gasteiger partial charge in [-0.25, -0.2) is 4.98 Å². The summed E-state index contributed by atoms with van der Waals surface area (Å²) in [5.41, 5.74) is 1.57. The molecule has 100 valence electrons. The Bertz CT molecular complexity index is 764. The summed E-state index contributed by atoms with van der Waals surface area (Å²) in [5, 5.41) is 9.76. The van der Waals surface area contributed by atoms with Crippen molar-refractivity contribution in [2.45, 2.75) is 0 Å². The van der Waals surface area contributed by atoms with Gasteiger partial charge in [-0.3, -0.25) is 9.59 Å². The number of carbonyl (C=O) groups is 2. The predicted octanol–water partition coefficient (Wildman–Crippen LogP) is 2.15. The van der Waals surface area contributed by atoms with Gasteiger partial charge in [0.2, 0.25) is 0 Å². The van der Waals surface area contributed by atoms with Gasteiger partial charge >= 0.3 is 5.97 Å². The van der Waals surface area contributed by atoms with Crippen LogP contribution in [0.25, 0.3) is 17.0 Å². The molecule has 1 unspecified atom stereocenters. The van der Waals surface area contributed by atoms with Crippen LogP contribution in [0.3, 0.4) is 0 Å². The first-order valence-corrected chi connectivity index (χ1v) is 6.04. The molecule has 1 aliphatic carbocycles. The Morgan fingerprint density at radius 2 is 2.15 bits per heavy atom. The van der Waals surface area contributed by atoms with Crippen molar-refractivity contribution in [3.63, 3.8) is 0 Å². The van der Waals surface area contributed by atoms with Crippen LogP contribution < -0.4 is 4.74 Å². The van der Waals surface area contributed by atoms with Gasteiger partial charge in [-0.1, -0.05) is 6.08 Å². The number of methoxy groups -OCH3 is 1. The van der Waals surface area contributed by atoms with E-state index in [2.05, 4.69) is 4.98 Å². The number of carbonyl (C=O) groups excluding carboxylic acids is 1. The Balaban J connectivity index is 2.19. The van der Waals surface area contributed by atoms with Crippen molar-refractivity contribution >= 4 is 28.7 Å². The second kappa shape index (κ2) is 4.45. The Morgan fingerprint density at radius 3 is 2.85 bits per heavy atom. The number of fused-ring (bicyclic) bond motifs is 2. The smallest absolute Gasteiger partial charge is 0.318 e. The summed E-state index contributed by atoms with van der Waals surface area (Å²) in [6.45, 7) is 0. The van der Waals surface area contributed by atoms with Crippen LogP contribution >= 0.6 is 0 Å². The fourth-order valence-corrected chi connectivity index (χ4v) is 2.26. The number of ketones is 1. The SMILES string of the molecule is COc1ccc2nc3c(cc2c1)C(=O)C(C(=O)O)C=C3. The van der Waals surface area contributed by atoms with Gasteiger partial charge in [-0.15, -0.1) is 0 Å². The summed E-state index contributed by atoms with van der Waals surface area (Å²) in [4.78, 5) is 27.6. The van der Waals surface area contributed by atoms with E-state index in [1.54, 1.807) is 37.5 Å². The van der Waals surface area contributed by atoms with Crippen LogP contribution in [0.5, 0.6) is 5.75 Å². The highest BCUT2D eigenvalue weighted by atomic mass is 16.5. The van der Waals surface area contributed by atoms with Gasteiger partial charge in [-0.2, -0.15) is 0 Å².